The van der Waals surface area contributed by atoms with Crippen LogP contribution < -0.4 is 0 Å². The molecule has 0 aliphatic carbocycles. The molecule has 2 aromatic rings. The van der Waals surface area contributed by atoms with Gasteiger partial charge in [-0.15, -0.1) is 0 Å². The smallest absolute Gasteiger partial charge is 0.229 e. The van der Waals surface area contributed by atoms with E-state index in [-0.39, 0.29) is 12.0 Å². The Morgan fingerprint density at radius 2 is 2.23 bits per heavy atom. The van der Waals surface area contributed by atoms with Crippen LogP contribution in [0.15, 0.2) is 42.7 Å². The van der Waals surface area contributed by atoms with Gasteiger partial charge in [-0.05, 0) is 31.2 Å². The van der Waals surface area contributed by atoms with Crippen LogP contribution in [0.2, 0.25) is 0 Å². The van der Waals surface area contributed by atoms with Crippen LogP contribution in [0.25, 0.3) is 0 Å². The predicted molar refractivity (Wildman–Crippen MR) is 83.2 cm³/mol. The lowest BCUT2D eigenvalue weighted by Crippen LogP contribution is -2.38. The van der Waals surface area contributed by atoms with Crippen molar-refractivity contribution in [3.63, 3.8) is 0 Å². The zero-order valence-corrected chi connectivity index (χ0v) is 12.8. The van der Waals surface area contributed by atoms with Gasteiger partial charge in [-0.3, -0.25) is 9.78 Å². The maximum atomic E-state index is 12.6. The highest BCUT2D eigenvalue weighted by atomic mass is 16.5. The van der Waals surface area contributed by atoms with Crippen LogP contribution in [-0.4, -0.2) is 39.6 Å². The molecule has 0 aromatic carbocycles. The standard InChI is InChI=1S/C17H21N3O2/c1-2-22-16-12-19-9-5-7-15(19)11-20(13-16)17(21)10-14-6-3-4-8-18-14/h3-9,16H,2,10-13H2,1H3/t16-/m1/s1. The molecule has 0 N–H and O–H groups in total. The highest BCUT2D eigenvalue weighted by Gasteiger charge is 2.25. The molecule has 1 aliphatic heterocycles. The van der Waals surface area contributed by atoms with Gasteiger partial charge in [-0.2, -0.15) is 0 Å². The zero-order valence-electron chi connectivity index (χ0n) is 12.8. The third-order valence-electron chi connectivity index (χ3n) is 3.91. The molecule has 0 bridgehead atoms. The van der Waals surface area contributed by atoms with Gasteiger partial charge in [0, 0.05) is 36.9 Å². The van der Waals surface area contributed by atoms with E-state index < -0.39 is 0 Å². The van der Waals surface area contributed by atoms with Gasteiger partial charge in [0.1, 0.15) is 0 Å². The first-order valence-corrected chi connectivity index (χ1v) is 7.69. The number of ether oxygens (including phenoxy) is 1. The third-order valence-corrected chi connectivity index (χ3v) is 3.91. The molecule has 0 fully saturated rings. The molecule has 1 aliphatic rings. The van der Waals surface area contributed by atoms with E-state index in [0.717, 1.165) is 17.9 Å². The van der Waals surface area contributed by atoms with Crippen LogP contribution in [0.5, 0.6) is 0 Å². The minimum absolute atomic E-state index is 0.0336. The second kappa shape index (κ2) is 6.75. The number of hydrogen-bond donors (Lipinski definition) is 0. The van der Waals surface area contributed by atoms with E-state index in [2.05, 4.69) is 15.6 Å². The Bertz CT molecular complexity index is 624. The number of carbonyl (C=O) groups is 1. The highest BCUT2D eigenvalue weighted by molar-refractivity contribution is 5.78. The number of hydrogen-bond acceptors (Lipinski definition) is 3. The van der Waals surface area contributed by atoms with Crippen LogP contribution in [0.4, 0.5) is 0 Å². The highest BCUT2D eigenvalue weighted by Crippen LogP contribution is 2.16. The van der Waals surface area contributed by atoms with Crippen molar-refractivity contribution in [1.29, 1.82) is 0 Å². The maximum Gasteiger partial charge on any atom is 0.229 e. The SMILES string of the molecule is CCO[C@H]1CN(C(=O)Cc2ccccn2)Cc2cccn2C1. The Kier molecular flexibility index (Phi) is 4.53. The normalized spacial score (nSPS) is 17.9. The summed E-state index contributed by atoms with van der Waals surface area (Å²) in [4.78, 5) is 18.7. The Labute approximate surface area is 130 Å². The van der Waals surface area contributed by atoms with Crippen molar-refractivity contribution in [3.05, 3.63) is 54.1 Å². The zero-order chi connectivity index (χ0) is 15.4. The summed E-state index contributed by atoms with van der Waals surface area (Å²) >= 11 is 0. The number of amides is 1. The van der Waals surface area contributed by atoms with Gasteiger partial charge in [0.25, 0.3) is 0 Å². The summed E-state index contributed by atoms with van der Waals surface area (Å²) in [6.45, 7) is 4.69. The van der Waals surface area contributed by atoms with Crippen molar-refractivity contribution < 1.29 is 9.53 Å². The molecule has 0 spiro atoms. The molecule has 22 heavy (non-hydrogen) atoms. The van der Waals surface area contributed by atoms with Crippen molar-refractivity contribution in [2.45, 2.75) is 32.5 Å². The van der Waals surface area contributed by atoms with E-state index in [9.17, 15) is 4.79 Å². The quantitative estimate of drug-likeness (QED) is 0.866. The molecule has 0 saturated heterocycles. The molecule has 116 valence electrons. The van der Waals surface area contributed by atoms with Crippen LogP contribution in [0, 0.1) is 0 Å². The Hall–Kier alpha value is -2.14. The van der Waals surface area contributed by atoms with Gasteiger partial charge in [0.05, 0.1) is 25.6 Å². The lowest BCUT2D eigenvalue weighted by molar-refractivity contribution is -0.133. The Morgan fingerprint density at radius 1 is 1.32 bits per heavy atom. The third kappa shape index (κ3) is 3.36. The maximum absolute atomic E-state index is 12.6. The molecule has 3 heterocycles. The van der Waals surface area contributed by atoms with Crippen LogP contribution in [0.3, 0.4) is 0 Å². The monoisotopic (exact) mass is 299 g/mol. The average Bonchev–Trinajstić information content (AvgIpc) is 2.87. The number of carbonyl (C=O) groups excluding carboxylic acids is 1. The molecule has 0 unspecified atom stereocenters. The second-order valence-electron chi connectivity index (χ2n) is 5.50. The molecular formula is C17H21N3O2. The van der Waals surface area contributed by atoms with Crippen LogP contribution in [0.1, 0.15) is 18.3 Å². The topological polar surface area (TPSA) is 47.4 Å². The first kappa shape index (κ1) is 14.8. The first-order valence-electron chi connectivity index (χ1n) is 7.69. The van der Waals surface area contributed by atoms with E-state index in [1.165, 1.54) is 0 Å². The van der Waals surface area contributed by atoms with Crippen molar-refractivity contribution in [1.82, 2.24) is 14.5 Å². The Morgan fingerprint density at radius 3 is 3.00 bits per heavy atom. The minimum atomic E-state index is 0.0336. The molecule has 0 radical (unpaired) electrons. The van der Waals surface area contributed by atoms with Gasteiger partial charge >= 0.3 is 0 Å². The fourth-order valence-electron chi connectivity index (χ4n) is 2.85. The van der Waals surface area contributed by atoms with E-state index in [1.807, 2.05) is 42.3 Å². The van der Waals surface area contributed by atoms with Gasteiger partial charge in [0.15, 0.2) is 0 Å². The van der Waals surface area contributed by atoms with E-state index in [0.29, 0.717) is 26.1 Å². The largest absolute Gasteiger partial charge is 0.375 e. The predicted octanol–water partition coefficient (Wildman–Crippen LogP) is 1.87. The summed E-state index contributed by atoms with van der Waals surface area (Å²) in [5.41, 5.74) is 1.96. The van der Waals surface area contributed by atoms with E-state index >= 15 is 0 Å². The van der Waals surface area contributed by atoms with Crippen LogP contribution >= 0.6 is 0 Å². The number of rotatable bonds is 4. The summed E-state index contributed by atoms with van der Waals surface area (Å²) in [6, 6.07) is 9.74. The molecule has 1 amide bonds. The summed E-state index contributed by atoms with van der Waals surface area (Å²) in [6.07, 6.45) is 4.14. The van der Waals surface area contributed by atoms with Gasteiger partial charge < -0.3 is 14.2 Å². The molecule has 5 heteroatoms. The van der Waals surface area contributed by atoms with Crippen molar-refractivity contribution in [2.24, 2.45) is 0 Å². The molecule has 5 nitrogen and oxygen atoms in total. The molecule has 1 atom stereocenters. The molecule has 3 rings (SSSR count). The Balaban J connectivity index is 1.75. The van der Waals surface area contributed by atoms with Crippen molar-refractivity contribution >= 4 is 5.91 Å². The number of aromatic nitrogens is 2. The summed E-state index contributed by atoms with van der Waals surface area (Å²) < 4.78 is 7.96. The van der Waals surface area contributed by atoms with E-state index in [4.69, 9.17) is 4.74 Å². The second-order valence-corrected chi connectivity index (χ2v) is 5.50. The number of nitrogens with zero attached hydrogens (tertiary/aromatic N) is 3. The van der Waals surface area contributed by atoms with Gasteiger partial charge in [-0.1, -0.05) is 6.07 Å². The first-order chi connectivity index (χ1) is 10.8. The summed E-state index contributed by atoms with van der Waals surface area (Å²) in [5, 5.41) is 0. The minimum Gasteiger partial charge on any atom is -0.375 e. The molecule has 2 aromatic heterocycles. The summed E-state index contributed by atoms with van der Waals surface area (Å²) in [7, 11) is 0. The lowest BCUT2D eigenvalue weighted by atomic mass is 10.2. The van der Waals surface area contributed by atoms with Crippen LogP contribution in [-0.2, 0) is 29.0 Å². The fourth-order valence-corrected chi connectivity index (χ4v) is 2.85. The summed E-state index contributed by atoms with van der Waals surface area (Å²) in [5.74, 6) is 0.0954. The number of pyridine rings is 1. The van der Waals surface area contributed by atoms with E-state index in [1.54, 1.807) is 6.20 Å². The van der Waals surface area contributed by atoms with Gasteiger partial charge in [-0.25, -0.2) is 0 Å². The van der Waals surface area contributed by atoms with Gasteiger partial charge in [0.2, 0.25) is 5.91 Å². The molecule has 0 saturated carbocycles. The number of fused-ring (bicyclic) bond motifs is 1. The lowest BCUT2D eigenvalue weighted by Gasteiger charge is -2.24. The fraction of sp³-hybridized carbons (Fsp3) is 0.412. The van der Waals surface area contributed by atoms with Crippen molar-refractivity contribution in [2.75, 3.05) is 13.2 Å². The average molecular weight is 299 g/mol. The van der Waals surface area contributed by atoms with Crippen molar-refractivity contribution in [3.8, 4) is 0 Å². The molecular weight excluding hydrogens is 278 g/mol.